The van der Waals surface area contributed by atoms with Crippen molar-refractivity contribution in [2.75, 3.05) is 12.3 Å². The maximum atomic E-state index is 12.4. The third-order valence-electron chi connectivity index (χ3n) is 3.42. The molecule has 7 heteroatoms. The number of anilines is 1. The van der Waals surface area contributed by atoms with Crippen molar-refractivity contribution in [1.29, 1.82) is 0 Å². The van der Waals surface area contributed by atoms with Crippen LogP contribution in [0.5, 0.6) is 0 Å². The van der Waals surface area contributed by atoms with E-state index in [0.717, 1.165) is 11.3 Å². The zero-order valence-electron chi connectivity index (χ0n) is 10.5. The van der Waals surface area contributed by atoms with Gasteiger partial charge in [-0.1, -0.05) is 23.2 Å². The minimum atomic E-state index is -0.0811. The van der Waals surface area contributed by atoms with Crippen molar-refractivity contribution in [3.8, 4) is 0 Å². The van der Waals surface area contributed by atoms with Gasteiger partial charge in [-0.3, -0.25) is 9.89 Å². The lowest BCUT2D eigenvalue weighted by atomic mass is 10.1. The lowest BCUT2D eigenvalue weighted by Crippen LogP contribution is -2.36. The average Bonchev–Trinajstić information content (AvgIpc) is 2.82. The Balaban J connectivity index is 1.83. The monoisotopic (exact) mass is 310 g/mol. The van der Waals surface area contributed by atoms with E-state index in [1.54, 1.807) is 23.1 Å². The Kier molecular flexibility index (Phi) is 3.31. The van der Waals surface area contributed by atoms with Gasteiger partial charge in [-0.25, -0.2) is 0 Å². The summed E-state index contributed by atoms with van der Waals surface area (Å²) in [6.07, 6.45) is 0.699. The molecule has 0 bridgehead atoms. The van der Waals surface area contributed by atoms with Gasteiger partial charge in [0.2, 0.25) is 0 Å². The van der Waals surface area contributed by atoms with Crippen LogP contribution in [0.4, 0.5) is 5.82 Å². The van der Waals surface area contributed by atoms with Crippen LogP contribution in [-0.2, 0) is 13.0 Å². The predicted octanol–water partition coefficient (Wildman–Crippen LogP) is 2.50. The van der Waals surface area contributed by atoms with Crippen LogP contribution in [0, 0.1) is 0 Å². The van der Waals surface area contributed by atoms with Crippen molar-refractivity contribution in [1.82, 2.24) is 15.1 Å². The van der Waals surface area contributed by atoms with Crippen LogP contribution in [0.1, 0.15) is 21.6 Å². The fraction of sp³-hybridized carbons (Fsp3) is 0.231. The van der Waals surface area contributed by atoms with Gasteiger partial charge in [-0.05, 0) is 24.6 Å². The molecule has 0 saturated carbocycles. The number of nitrogen functional groups attached to an aromatic ring is 1. The summed E-state index contributed by atoms with van der Waals surface area (Å²) in [4.78, 5) is 14.2. The number of fused-ring (bicyclic) bond motifs is 1. The summed E-state index contributed by atoms with van der Waals surface area (Å²) in [5.74, 6) is 0.434. The molecule has 0 unspecified atom stereocenters. The lowest BCUT2D eigenvalue weighted by Gasteiger charge is -2.26. The van der Waals surface area contributed by atoms with E-state index < -0.39 is 0 Å². The summed E-state index contributed by atoms with van der Waals surface area (Å²) in [7, 11) is 0. The highest BCUT2D eigenvalue weighted by Crippen LogP contribution is 2.26. The van der Waals surface area contributed by atoms with Crippen LogP contribution in [0.3, 0.4) is 0 Å². The number of hydrogen-bond acceptors (Lipinski definition) is 3. The first kappa shape index (κ1) is 13.3. The van der Waals surface area contributed by atoms with Gasteiger partial charge in [0.25, 0.3) is 5.91 Å². The fourth-order valence-electron chi connectivity index (χ4n) is 2.33. The number of aromatic amines is 1. The molecular formula is C13H12Cl2N4O. The third-order valence-corrected chi connectivity index (χ3v) is 4.16. The van der Waals surface area contributed by atoms with Gasteiger partial charge in [0, 0.05) is 17.7 Å². The van der Waals surface area contributed by atoms with Gasteiger partial charge in [0.1, 0.15) is 5.82 Å². The second kappa shape index (κ2) is 5.00. The van der Waals surface area contributed by atoms with Gasteiger partial charge in [0.15, 0.2) is 0 Å². The number of carbonyl (C=O) groups excluding carboxylic acids is 1. The number of rotatable bonds is 1. The number of H-pyrrole nitrogens is 1. The summed E-state index contributed by atoms with van der Waals surface area (Å²) in [6, 6.07) is 4.89. The van der Waals surface area contributed by atoms with Crippen LogP contribution in [0.25, 0.3) is 0 Å². The number of nitrogens with zero attached hydrogens (tertiary/aromatic N) is 2. The summed E-state index contributed by atoms with van der Waals surface area (Å²) in [5, 5.41) is 7.64. The molecule has 104 valence electrons. The number of benzene rings is 1. The van der Waals surface area contributed by atoms with Crippen molar-refractivity contribution >= 4 is 34.9 Å². The second-order valence-corrected chi connectivity index (χ2v) is 5.49. The summed E-state index contributed by atoms with van der Waals surface area (Å²) < 4.78 is 0. The number of amides is 1. The topological polar surface area (TPSA) is 75.0 Å². The van der Waals surface area contributed by atoms with Crippen molar-refractivity contribution in [3.05, 3.63) is 45.1 Å². The highest BCUT2D eigenvalue weighted by molar-refractivity contribution is 6.42. The molecule has 1 aliphatic heterocycles. The van der Waals surface area contributed by atoms with Crippen LogP contribution in [0.2, 0.25) is 10.0 Å². The lowest BCUT2D eigenvalue weighted by molar-refractivity contribution is 0.0732. The molecule has 0 saturated heterocycles. The zero-order valence-corrected chi connectivity index (χ0v) is 12.0. The molecule has 5 nitrogen and oxygen atoms in total. The van der Waals surface area contributed by atoms with Crippen molar-refractivity contribution in [2.45, 2.75) is 13.0 Å². The van der Waals surface area contributed by atoms with Crippen molar-refractivity contribution in [3.63, 3.8) is 0 Å². The highest BCUT2D eigenvalue weighted by atomic mass is 35.5. The van der Waals surface area contributed by atoms with Gasteiger partial charge in [-0.15, -0.1) is 0 Å². The average molecular weight is 311 g/mol. The van der Waals surface area contributed by atoms with Gasteiger partial charge >= 0.3 is 0 Å². The molecule has 3 rings (SSSR count). The standard InChI is InChI=1S/C13H12Cl2N4O/c14-9-2-1-7(5-10(9)15)13(20)19-4-3-8-11(6-19)17-18-12(8)16/h1-2,5H,3-4,6H2,(H3,16,17,18). The quantitative estimate of drug-likeness (QED) is 0.849. The normalized spacial score (nSPS) is 14.2. The Morgan fingerprint density at radius 1 is 1.35 bits per heavy atom. The number of aromatic nitrogens is 2. The first-order valence-electron chi connectivity index (χ1n) is 6.12. The van der Waals surface area contributed by atoms with Gasteiger partial charge < -0.3 is 10.6 Å². The molecule has 0 spiro atoms. The Morgan fingerprint density at radius 2 is 2.15 bits per heavy atom. The Morgan fingerprint density at radius 3 is 2.90 bits per heavy atom. The molecular weight excluding hydrogens is 299 g/mol. The molecule has 1 amide bonds. The summed E-state index contributed by atoms with van der Waals surface area (Å²) in [5.41, 5.74) is 8.17. The summed E-state index contributed by atoms with van der Waals surface area (Å²) in [6.45, 7) is 1.08. The van der Waals surface area contributed by atoms with Gasteiger partial charge in [-0.2, -0.15) is 5.10 Å². The molecule has 1 aliphatic rings. The largest absolute Gasteiger partial charge is 0.382 e. The van der Waals surface area contributed by atoms with Crippen molar-refractivity contribution < 1.29 is 4.79 Å². The Hall–Kier alpha value is -1.72. The fourth-order valence-corrected chi connectivity index (χ4v) is 2.63. The van der Waals surface area contributed by atoms with E-state index in [-0.39, 0.29) is 5.91 Å². The van der Waals surface area contributed by atoms with Crippen molar-refractivity contribution in [2.24, 2.45) is 0 Å². The Labute approximate surface area is 125 Å². The van der Waals surface area contributed by atoms with Crippen LogP contribution in [-0.4, -0.2) is 27.5 Å². The SMILES string of the molecule is Nc1n[nH]c2c1CCN(C(=O)c1ccc(Cl)c(Cl)c1)C2. The minimum Gasteiger partial charge on any atom is -0.382 e. The van der Waals surface area contributed by atoms with E-state index in [0.29, 0.717) is 40.9 Å². The maximum Gasteiger partial charge on any atom is 0.254 e. The number of hydrogen-bond donors (Lipinski definition) is 2. The zero-order chi connectivity index (χ0) is 14.3. The molecule has 0 fully saturated rings. The molecule has 2 aromatic rings. The van der Waals surface area contributed by atoms with E-state index >= 15 is 0 Å². The molecule has 0 aliphatic carbocycles. The third kappa shape index (κ3) is 2.23. The van der Waals surface area contributed by atoms with Crippen LogP contribution in [0.15, 0.2) is 18.2 Å². The maximum absolute atomic E-state index is 12.4. The first-order valence-corrected chi connectivity index (χ1v) is 6.88. The van der Waals surface area contributed by atoms with E-state index in [2.05, 4.69) is 10.2 Å². The number of nitrogens with one attached hydrogen (secondary N) is 1. The molecule has 2 heterocycles. The molecule has 1 aromatic heterocycles. The molecule has 20 heavy (non-hydrogen) atoms. The molecule has 0 radical (unpaired) electrons. The second-order valence-electron chi connectivity index (χ2n) is 4.67. The minimum absolute atomic E-state index is 0.0811. The predicted molar refractivity (Wildman–Crippen MR) is 77.9 cm³/mol. The number of nitrogens with two attached hydrogens (primary N) is 1. The summed E-state index contributed by atoms with van der Waals surface area (Å²) >= 11 is 11.8. The van der Waals surface area contributed by atoms with Gasteiger partial charge in [0.05, 0.1) is 22.3 Å². The van der Waals surface area contributed by atoms with Crippen LogP contribution < -0.4 is 5.73 Å². The van der Waals surface area contributed by atoms with E-state index in [4.69, 9.17) is 28.9 Å². The Bertz CT molecular complexity index is 683. The van der Waals surface area contributed by atoms with Crippen LogP contribution >= 0.6 is 23.2 Å². The molecule has 0 atom stereocenters. The van der Waals surface area contributed by atoms with E-state index in [1.165, 1.54) is 0 Å². The number of halogens is 2. The first-order chi connectivity index (χ1) is 9.56. The smallest absolute Gasteiger partial charge is 0.254 e. The van der Waals surface area contributed by atoms with E-state index in [1.807, 2.05) is 0 Å². The molecule has 3 N–H and O–H groups in total. The van der Waals surface area contributed by atoms with E-state index in [9.17, 15) is 4.79 Å². The highest BCUT2D eigenvalue weighted by Gasteiger charge is 2.25. The molecule has 1 aromatic carbocycles. The number of carbonyl (C=O) groups is 1.